The molecule has 0 radical (unpaired) electrons. The minimum atomic E-state index is 0.00775. The van der Waals surface area contributed by atoms with Gasteiger partial charge in [-0.15, -0.1) is 0 Å². The van der Waals surface area contributed by atoms with Crippen molar-refractivity contribution in [1.82, 2.24) is 4.90 Å². The lowest BCUT2D eigenvalue weighted by molar-refractivity contribution is -0.137. The van der Waals surface area contributed by atoms with Crippen molar-refractivity contribution in [3.63, 3.8) is 0 Å². The summed E-state index contributed by atoms with van der Waals surface area (Å²) in [5.41, 5.74) is 5.81. The van der Waals surface area contributed by atoms with E-state index in [0.29, 0.717) is 12.5 Å². The van der Waals surface area contributed by atoms with Crippen molar-refractivity contribution in [2.75, 3.05) is 19.6 Å². The molecule has 0 saturated heterocycles. The molecule has 0 fully saturated rings. The van der Waals surface area contributed by atoms with Gasteiger partial charge in [0.05, 0.1) is 0 Å². The maximum absolute atomic E-state index is 12.7. The second-order valence-electron chi connectivity index (χ2n) is 6.40. The first-order valence-corrected chi connectivity index (χ1v) is 7.90. The monoisotopic (exact) mass is 270 g/mol. The molecule has 114 valence electrons. The maximum Gasteiger partial charge on any atom is 0.225 e. The van der Waals surface area contributed by atoms with Gasteiger partial charge in [-0.2, -0.15) is 0 Å². The Hall–Kier alpha value is -0.570. The normalized spacial score (nSPS) is 11.9. The third-order valence-corrected chi connectivity index (χ3v) is 3.60. The molecule has 1 amide bonds. The number of nitrogens with two attached hydrogens (primary N) is 1. The standard InChI is InChI=1S/C16H34N2O/c1-6-9-14(10-7-2)15(19)18(11-8-3)13-16(4,5)12-17/h14H,6-13,17H2,1-5H3. The minimum Gasteiger partial charge on any atom is -0.342 e. The van der Waals surface area contributed by atoms with E-state index >= 15 is 0 Å². The summed E-state index contributed by atoms with van der Waals surface area (Å²) in [5.74, 6) is 0.544. The van der Waals surface area contributed by atoms with E-state index in [1.165, 1.54) is 0 Å². The van der Waals surface area contributed by atoms with Crippen molar-refractivity contribution in [3.05, 3.63) is 0 Å². The van der Waals surface area contributed by atoms with Crippen molar-refractivity contribution in [2.24, 2.45) is 17.1 Å². The number of hydrogen-bond acceptors (Lipinski definition) is 2. The van der Waals surface area contributed by atoms with Crippen LogP contribution in [0, 0.1) is 11.3 Å². The molecule has 0 bridgehead atoms. The summed E-state index contributed by atoms with van der Waals surface area (Å²) in [6.07, 6.45) is 5.19. The minimum absolute atomic E-state index is 0.00775. The van der Waals surface area contributed by atoms with E-state index in [4.69, 9.17) is 5.73 Å². The first-order chi connectivity index (χ1) is 8.91. The molecule has 19 heavy (non-hydrogen) atoms. The van der Waals surface area contributed by atoms with Crippen LogP contribution in [-0.2, 0) is 4.79 Å². The van der Waals surface area contributed by atoms with Crippen LogP contribution in [0.1, 0.15) is 66.7 Å². The van der Waals surface area contributed by atoms with Gasteiger partial charge in [0.2, 0.25) is 5.91 Å². The smallest absolute Gasteiger partial charge is 0.225 e. The zero-order valence-corrected chi connectivity index (χ0v) is 13.7. The van der Waals surface area contributed by atoms with Crippen LogP contribution >= 0.6 is 0 Å². The number of nitrogens with zero attached hydrogens (tertiary/aromatic N) is 1. The van der Waals surface area contributed by atoms with E-state index < -0.39 is 0 Å². The van der Waals surface area contributed by atoms with Crippen LogP contribution in [0.2, 0.25) is 0 Å². The number of amides is 1. The van der Waals surface area contributed by atoms with Crippen molar-refractivity contribution in [1.29, 1.82) is 0 Å². The fourth-order valence-corrected chi connectivity index (χ4v) is 2.46. The van der Waals surface area contributed by atoms with Gasteiger partial charge in [-0.1, -0.05) is 47.5 Å². The topological polar surface area (TPSA) is 46.3 Å². The lowest BCUT2D eigenvalue weighted by Gasteiger charge is -2.34. The fraction of sp³-hybridized carbons (Fsp3) is 0.938. The van der Waals surface area contributed by atoms with Crippen LogP contribution in [-0.4, -0.2) is 30.4 Å². The van der Waals surface area contributed by atoms with Crippen molar-refractivity contribution in [3.8, 4) is 0 Å². The molecule has 0 aromatic rings. The van der Waals surface area contributed by atoms with Gasteiger partial charge in [0.25, 0.3) is 0 Å². The lowest BCUT2D eigenvalue weighted by atomic mass is 9.91. The largest absolute Gasteiger partial charge is 0.342 e. The molecule has 0 aliphatic carbocycles. The van der Waals surface area contributed by atoms with Crippen LogP contribution in [0.25, 0.3) is 0 Å². The van der Waals surface area contributed by atoms with Crippen LogP contribution in [0.4, 0.5) is 0 Å². The number of carbonyl (C=O) groups excluding carboxylic acids is 1. The lowest BCUT2D eigenvalue weighted by Crippen LogP contribution is -2.44. The second-order valence-corrected chi connectivity index (χ2v) is 6.40. The van der Waals surface area contributed by atoms with E-state index in [-0.39, 0.29) is 11.3 Å². The number of carbonyl (C=O) groups is 1. The molecule has 0 aliphatic rings. The quantitative estimate of drug-likeness (QED) is 0.661. The highest BCUT2D eigenvalue weighted by Gasteiger charge is 2.27. The Morgan fingerprint density at radius 1 is 1.11 bits per heavy atom. The molecular weight excluding hydrogens is 236 g/mol. The number of rotatable bonds is 10. The summed E-state index contributed by atoms with van der Waals surface area (Å²) in [7, 11) is 0. The Balaban J connectivity index is 4.78. The van der Waals surface area contributed by atoms with Gasteiger partial charge in [-0.05, 0) is 31.2 Å². The predicted molar refractivity (Wildman–Crippen MR) is 83.0 cm³/mol. The first kappa shape index (κ1) is 18.4. The summed E-state index contributed by atoms with van der Waals surface area (Å²) in [4.78, 5) is 14.7. The molecule has 2 N–H and O–H groups in total. The van der Waals surface area contributed by atoms with Crippen molar-refractivity contribution >= 4 is 5.91 Å². The second kappa shape index (κ2) is 9.35. The van der Waals surface area contributed by atoms with Gasteiger partial charge in [-0.25, -0.2) is 0 Å². The van der Waals surface area contributed by atoms with Crippen LogP contribution < -0.4 is 5.73 Å². The van der Waals surface area contributed by atoms with E-state index in [0.717, 1.165) is 45.2 Å². The summed E-state index contributed by atoms with van der Waals surface area (Å²) >= 11 is 0. The number of hydrogen-bond donors (Lipinski definition) is 1. The SMILES string of the molecule is CCCC(CCC)C(=O)N(CCC)CC(C)(C)CN. The first-order valence-electron chi connectivity index (χ1n) is 7.90. The predicted octanol–water partition coefficient (Wildman–Crippen LogP) is 3.43. The molecule has 0 rings (SSSR count). The van der Waals surface area contributed by atoms with E-state index in [2.05, 4.69) is 34.6 Å². The van der Waals surface area contributed by atoms with Crippen molar-refractivity contribution < 1.29 is 4.79 Å². The van der Waals surface area contributed by atoms with Crippen molar-refractivity contribution in [2.45, 2.75) is 66.7 Å². The molecular formula is C16H34N2O. The van der Waals surface area contributed by atoms with E-state index in [9.17, 15) is 4.79 Å². The Morgan fingerprint density at radius 2 is 1.63 bits per heavy atom. The summed E-state index contributed by atoms with van der Waals surface area (Å²) in [6.45, 7) is 13.0. The summed E-state index contributed by atoms with van der Waals surface area (Å²) in [6, 6.07) is 0. The molecule has 0 aromatic heterocycles. The zero-order valence-electron chi connectivity index (χ0n) is 13.7. The van der Waals surface area contributed by atoms with E-state index in [1.54, 1.807) is 0 Å². The highest BCUT2D eigenvalue weighted by Crippen LogP contribution is 2.21. The van der Waals surface area contributed by atoms with Gasteiger partial charge in [0, 0.05) is 19.0 Å². The molecule has 0 aromatic carbocycles. The highest BCUT2D eigenvalue weighted by molar-refractivity contribution is 5.78. The molecule has 3 nitrogen and oxygen atoms in total. The molecule has 0 atom stereocenters. The van der Waals surface area contributed by atoms with Gasteiger partial charge >= 0.3 is 0 Å². The van der Waals surface area contributed by atoms with Gasteiger partial charge in [-0.3, -0.25) is 4.79 Å². The van der Waals surface area contributed by atoms with Crippen LogP contribution in [0.3, 0.4) is 0 Å². The third kappa shape index (κ3) is 6.95. The molecule has 0 heterocycles. The van der Waals surface area contributed by atoms with Crippen LogP contribution in [0.15, 0.2) is 0 Å². The zero-order chi connectivity index (χ0) is 14.9. The van der Waals surface area contributed by atoms with Gasteiger partial charge in [0.1, 0.15) is 0 Å². The Bertz CT molecular complexity index is 245. The highest BCUT2D eigenvalue weighted by atomic mass is 16.2. The molecule has 3 heteroatoms. The van der Waals surface area contributed by atoms with Gasteiger partial charge < -0.3 is 10.6 Å². The van der Waals surface area contributed by atoms with E-state index in [1.807, 2.05) is 4.90 Å². The molecule has 0 spiro atoms. The molecule has 0 unspecified atom stereocenters. The third-order valence-electron chi connectivity index (χ3n) is 3.60. The Labute approximate surface area is 119 Å². The molecule has 0 saturated carbocycles. The average molecular weight is 270 g/mol. The van der Waals surface area contributed by atoms with Crippen LogP contribution in [0.5, 0.6) is 0 Å². The Morgan fingerprint density at radius 3 is 2.00 bits per heavy atom. The average Bonchev–Trinajstić information content (AvgIpc) is 2.37. The summed E-state index contributed by atoms with van der Waals surface area (Å²) in [5, 5.41) is 0. The molecule has 0 aliphatic heterocycles. The maximum atomic E-state index is 12.7. The fourth-order valence-electron chi connectivity index (χ4n) is 2.46. The Kier molecular flexibility index (Phi) is 9.07. The van der Waals surface area contributed by atoms with Gasteiger partial charge in [0.15, 0.2) is 0 Å². The summed E-state index contributed by atoms with van der Waals surface area (Å²) < 4.78 is 0.